The highest BCUT2D eigenvalue weighted by atomic mass is 19.1. The van der Waals surface area contributed by atoms with Crippen LogP contribution in [0.25, 0.3) is 0 Å². The Morgan fingerprint density at radius 1 is 1.58 bits per heavy atom. The summed E-state index contributed by atoms with van der Waals surface area (Å²) in [6.45, 7) is 1.72. The standard InChI is InChI=1S/C11H13FN2O5/c1-2-6(15)5-13-9-3-7(11(16)17)8(12)4-10(9)14(18)19/h3-4,6,13,15H,2,5H2,1H3,(H,16,17). The smallest absolute Gasteiger partial charge is 0.338 e. The van der Waals surface area contributed by atoms with E-state index in [1.54, 1.807) is 6.92 Å². The molecule has 0 saturated carbocycles. The summed E-state index contributed by atoms with van der Waals surface area (Å²) >= 11 is 0. The van der Waals surface area contributed by atoms with Crippen LogP contribution in [0.4, 0.5) is 15.8 Å². The predicted octanol–water partition coefficient (Wildman–Crippen LogP) is 1.61. The van der Waals surface area contributed by atoms with Gasteiger partial charge in [-0.05, 0) is 12.5 Å². The third-order valence-corrected chi connectivity index (χ3v) is 2.51. The number of carbonyl (C=O) groups is 1. The highest BCUT2D eigenvalue weighted by molar-refractivity contribution is 5.90. The lowest BCUT2D eigenvalue weighted by atomic mass is 10.1. The Bertz CT molecular complexity index is 506. The van der Waals surface area contributed by atoms with Crippen LogP contribution in [-0.2, 0) is 0 Å². The van der Waals surface area contributed by atoms with Gasteiger partial charge in [0.2, 0.25) is 0 Å². The number of aromatic carboxylic acids is 1. The number of aliphatic hydroxyl groups excluding tert-OH is 1. The molecule has 0 spiro atoms. The second kappa shape index (κ2) is 6.10. The Balaban J connectivity index is 3.14. The van der Waals surface area contributed by atoms with Crippen molar-refractivity contribution in [2.45, 2.75) is 19.4 Å². The summed E-state index contributed by atoms with van der Waals surface area (Å²) in [7, 11) is 0. The molecule has 1 aromatic rings. The average Bonchev–Trinajstić information content (AvgIpc) is 2.35. The number of hydrogen-bond donors (Lipinski definition) is 3. The van der Waals surface area contributed by atoms with Crippen LogP contribution < -0.4 is 5.32 Å². The molecule has 0 amide bonds. The number of nitrogens with zero attached hydrogens (tertiary/aromatic N) is 1. The van der Waals surface area contributed by atoms with Crippen LogP contribution in [0.5, 0.6) is 0 Å². The molecule has 3 N–H and O–H groups in total. The molecule has 0 bridgehead atoms. The van der Waals surface area contributed by atoms with Gasteiger partial charge in [0.15, 0.2) is 0 Å². The van der Waals surface area contributed by atoms with Gasteiger partial charge in [0.1, 0.15) is 11.5 Å². The minimum absolute atomic E-state index is 0.00202. The molecule has 1 atom stereocenters. The zero-order chi connectivity index (χ0) is 14.6. The third-order valence-electron chi connectivity index (χ3n) is 2.51. The number of nitrogens with one attached hydrogen (secondary N) is 1. The number of halogens is 1. The van der Waals surface area contributed by atoms with E-state index in [0.717, 1.165) is 6.07 Å². The van der Waals surface area contributed by atoms with Crippen molar-refractivity contribution >= 4 is 17.3 Å². The number of nitro groups is 1. The quantitative estimate of drug-likeness (QED) is 0.535. The molecule has 0 aromatic heterocycles. The summed E-state index contributed by atoms with van der Waals surface area (Å²) in [5, 5.41) is 31.4. The molecule has 8 heteroatoms. The maximum absolute atomic E-state index is 13.3. The van der Waals surface area contributed by atoms with Crippen LogP contribution >= 0.6 is 0 Å². The molecular formula is C11H13FN2O5. The zero-order valence-corrected chi connectivity index (χ0v) is 10.1. The number of hydrogen-bond acceptors (Lipinski definition) is 5. The molecule has 0 aliphatic rings. The monoisotopic (exact) mass is 272 g/mol. The van der Waals surface area contributed by atoms with Crippen molar-refractivity contribution in [1.82, 2.24) is 0 Å². The summed E-state index contributed by atoms with van der Waals surface area (Å²) in [4.78, 5) is 20.7. The van der Waals surface area contributed by atoms with Gasteiger partial charge in [-0.25, -0.2) is 9.18 Å². The van der Waals surface area contributed by atoms with E-state index in [1.807, 2.05) is 0 Å². The van der Waals surface area contributed by atoms with Crippen molar-refractivity contribution in [2.24, 2.45) is 0 Å². The Labute approximate surface area is 107 Å². The molecule has 1 unspecified atom stereocenters. The number of carboxylic acids is 1. The van der Waals surface area contributed by atoms with Crippen LogP contribution in [0, 0.1) is 15.9 Å². The fourth-order valence-corrected chi connectivity index (χ4v) is 1.39. The molecule has 1 rings (SSSR count). The summed E-state index contributed by atoms with van der Waals surface area (Å²) in [5.74, 6) is -2.70. The number of rotatable bonds is 6. The van der Waals surface area contributed by atoms with E-state index in [4.69, 9.17) is 5.11 Å². The highest BCUT2D eigenvalue weighted by Crippen LogP contribution is 2.27. The van der Waals surface area contributed by atoms with Crippen LogP contribution in [0.1, 0.15) is 23.7 Å². The number of carboxylic acid groups (broad SMARTS) is 1. The number of benzene rings is 1. The summed E-state index contributed by atoms with van der Waals surface area (Å²) in [6.07, 6.45) is -0.314. The van der Waals surface area contributed by atoms with Gasteiger partial charge in [-0.15, -0.1) is 0 Å². The van der Waals surface area contributed by atoms with E-state index < -0.39 is 34.1 Å². The SMILES string of the molecule is CCC(O)CNc1cc(C(=O)O)c(F)cc1[N+](=O)[O-]. The van der Waals surface area contributed by atoms with E-state index in [-0.39, 0.29) is 12.2 Å². The molecule has 7 nitrogen and oxygen atoms in total. The highest BCUT2D eigenvalue weighted by Gasteiger charge is 2.21. The van der Waals surface area contributed by atoms with E-state index in [2.05, 4.69) is 5.32 Å². The molecule has 104 valence electrons. The normalized spacial score (nSPS) is 11.9. The van der Waals surface area contributed by atoms with Crippen LogP contribution in [-0.4, -0.2) is 33.8 Å². The second-order valence-electron chi connectivity index (χ2n) is 3.85. The third kappa shape index (κ3) is 3.62. The molecule has 0 aliphatic heterocycles. The zero-order valence-electron chi connectivity index (χ0n) is 10.1. The van der Waals surface area contributed by atoms with E-state index >= 15 is 0 Å². The van der Waals surface area contributed by atoms with Crippen molar-refractivity contribution in [3.05, 3.63) is 33.6 Å². The first-order valence-corrected chi connectivity index (χ1v) is 5.50. The molecule has 19 heavy (non-hydrogen) atoms. The molecule has 0 saturated heterocycles. The van der Waals surface area contributed by atoms with Gasteiger partial charge in [0.25, 0.3) is 5.69 Å². The lowest BCUT2D eigenvalue weighted by Gasteiger charge is -2.11. The van der Waals surface area contributed by atoms with Gasteiger partial charge in [0.05, 0.1) is 22.7 Å². The molecular weight excluding hydrogens is 259 g/mol. The second-order valence-corrected chi connectivity index (χ2v) is 3.85. The largest absolute Gasteiger partial charge is 0.478 e. The van der Waals surface area contributed by atoms with Crippen molar-refractivity contribution in [2.75, 3.05) is 11.9 Å². The van der Waals surface area contributed by atoms with Crippen LogP contribution in [0.3, 0.4) is 0 Å². The molecule has 0 radical (unpaired) electrons. The molecule has 0 aliphatic carbocycles. The van der Waals surface area contributed by atoms with E-state index in [9.17, 15) is 24.4 Å². The van der Waals surface area contributed by atoms with Crippen molar-refractivity contribution in [1.29, 1.82) is 0 Å². The van der Waals surface area contributed by atoms with Crippen LogP contribution in [0.2, 0.25) is 0 Å². The average molecular weight is 272 g/mol. The molecule has 1 aromatic carbocycles. The minimum atomic E-state index is -1.52. The summed E-state index contributed by atoms with van der Waals surface area (Å²) in [6, 6.07) is 1.39. The first-order chi connectivity index (χ1) is 8.86. The Morgan fingerprint density at radius 2 is 2.21 bits per heavy atom. The number of aliphatic hydroxyl groups is 1. The summed E-state index contributed by atoms with van der Waals surface area (Å²) in [5.41, 5.74) is -1.39. The van der Waals surface area contributed by atoms with Crippen molar-refractivity contribution < 1.29 is 24.3 Å². The summed E-state index contributed by atoms with van der Waals surface area (Å²) < 4.78 is 13.3. The molecule has 0 heterocycles. The minimum Gasteiger partial charge on any atom is -0.478 e. The van der Waals surface area contributed by atoms with Gasteiger partial charge < -0.3 is 15.5 Å². The van der Waals surface area contributed by atoms with Gasteiger partial charge in [-0.3, -0.25) is 10.1 Å². The van der Waals surface area contributed by atoms with E-state index in [0.29, 0.717) is 12.5 Å². The topological polar surface area (TPSA) is 113 Å². The Kier molecular flexibility index (Phi) is 4.76. The first kappa shape index (κ1) is 14.8. The lowest BCUT2D eigenvalue weighted by Crippen LogP contribution is -2.19. The fraction of sp³-hybridized carbons (Fsp3) is 0.364. The van der Waals surface area contributed by atoms with Gasteiger partial charge in [-0.2, -0.15) is 0 Å². The van der Waals surface area contributed by atoms with Gasteiger partial charge in [-0.1, -0.05) is 6.92 Å². The maximum Gasteiger partial charge on any atom is 0.338 e. The fourth-order valence-electron chi connectivity index (χ4n) is 1.39. The van der Waals surface area contributed by atoms with Crippen molar-refractivity contribution in [3.63, 3.8) is 0 Å². The Morgan fingerprint density at radius 3 is 2.68 bits per heavy atom. The Hall–Kier alpha value is -2.22. The van der Waals surface area contributed by atoms with Gasteiger partial charge >= 0.3 is 5.97 Å². The van der Waals surface area contributed by atoms with E-state index in [1.165, 1.54) is 0 Å². The predicted molar refractivity (Wildman–Crippen MR) is 64.8 cm³/mol. The maximum atomic E-state index is 13.3. The van der Waals surface area contributed by atoms with Gasteiger partial charge in [0, 0.05) is 6.54 Å². The first-order valence-electron chi connectivity index (χ1n) is 5.50. The van der Waals surface area contributed by atoms with Crippen molar-refractivity contribution in [3.8, 4) is 0 Å². The lowest BCUT2D eigenvalue weighted by molar-refractivity contribution is -0.384. The number of anilines is 1. The van der Waals surface area contributed by atoms with Crippen LogP contribution in [0.15, 0.2) is 12.1 Å². The molecule has 0 fully saturated rings. The number of nitro benzene ring substituents is 1.